The molecule has 0 amide bonds. The second-order valence-electron chi connectivity index (χ2n) is 5.96. The maximum Gasteiger partial charge on any atom is 0.137 e. The molecule has 1 atom stereocenters. The van der Waals surface area contributed by atoms with Crippen molar-refractivity contribution in [2.75, 3.05) is 26.0 Å². The first kappa shape index (κ1) is 15.2. The van der Waals surface area contributed by atoms with Gasteiger partial charge in [-0.3, -0.25) is 0 Å². The van der Waals surface area contributed by atoms with Gasteiger partial charge in [-0.2, -0.15) is 0 Å². The molecule has 18 heavy (non-hydrogen) atoms. The molecule has 1 rings (SSSR count). The highest BCUT2D eigenvalue weighted by molar-refractivity contribution is 6.29. The molecule has 0 aliphatic carbocycles. The smallest absolute Gasteiger partial charge is 0.137 e. The van der Waals surface area contributed by atoms with Crippen molar-refractivity contribution in [2.45, 2.75) is 39.2 Å². The van der Waals surface area contributed by atoms with Crippen LogP contribution in [0.3, 0.4) is 0 Å². The molecule has 1 aromatic heterocycles. The van der Waals surface area contributed by atoms with Crippen LogP contribution in [0.2, 0.25) is 5.15 Å². The summed E-state index contributed by atoms with van der Waals surface area (Å²) in [6.07, 6.45) is 0. The summed E-state index contributed by atoms with van der Waals surface area (Å²) in [4.78, 5) is 10.9. The Morgan fingerprint density at radius 1 is 1.33 bits per heavy atom. The highest BCUT2D eigenvalue weighted by Crippen LogP contribution is 2.22. The molecule has 0 radical (unpaired) electrons. The van der Waals surface area contributed by atoms with Gasteiger partial charge < -0.3 is 10.2 Å². The zero-order valence-corrected chi connectivity index (χ0v) is 12.8. The van der Waals surface area contributed by atoms with Crippen LogP contribution in [0.4, 0.5) is 5.82 Å². The molecule has 0 aliphatic heterocycles. The second-order valence-corrected chi connectivity index (χ2v) is 6.34. The number of hydrogen-bond donors (Lipinski definition) is 1. The summed E-state index contributed by atoms with van der Waals surface area (Å²) < 4.78 is 0. The maximum absolute atomic E-state index is 6.04. The molecule has 0 aliphatic rings. The number of nitrogens with zero attached hydrogens (tertiary/aromatic N) is 3. The van der Waals surface area contributed by atoms with Crippen LogP contribution in [0.1, 0.15) is 33.5 Å². The third-order valence-electron chi connectivity index (χ3n) is 2.40. The number of rotatable bonds is 4. The average molecular weight is 271 g/mol. The van der Waals surface area contributed by atoms with Crippen LogP contribution in [0, 0.1) is 0 Å². The zero-order valence-electron chi connectivity index (χ0n) is 12.1. The molecule has 5 heteroatoms. The lowest BCUT2D eigenvalue weighted by Crippen LogP contribution is -2.30. The second kappa shape index (κ2) is 5.85. The van der Waals surface area contributed by atoms with Crippen molar-refractivity contribution < 1.29 is 0 Å². The van der Waals surface area contributed by atoms with Crippen molar-refractivity contribution in [3.05, 3.63) is 17.0 Å². The fourth-order valence-electron chi connectivity index (χ4n) is 1.67. The third-order valence-corrected chi connectivity index (χ3v) is 2.59. The van der Waals surface area contributed by atoms with Crippen LogP contribution in [0.15, 0.2) is 6.07 Å². The van der Waals surface area contributed by atoms with Gasteiger partial charge in [-0.05, 0) is 21.0 Å². The Bertz CT molecular complexity index is 398. The molecule has 1 aromatic rings. The van der Waals surface area contributed by atoms with Gasteiger partial charge in [0.1, 0.15) is 16.8 Å². The van der Waals surface area contributed by atoms with Gasteiger partial charge in [0.05, 0.1) is 0 Å². The van der Waals surface area contributed by atoms with Crippen molar-refractivity contribution in [2.24, 2.45) is 0 Å². The van der Waals surface area contributed by atoms with Gasteiger partial charge >= 0.3 is 0 Å². The van der Waals surface area contributed by atoms with Crippen LogP contribution in [0.25, 0.3) is 0 Å². The highest BCUT2D eigenvalue weighted by Gasteiger charge is 2.19. The topological polar surface area (TPSA) is 41.0 Å². The standard InChI is InChI=1S/C13H23ClN4/c1-9(8-18(5)6)15-11-7-10(14)16-12(17-11)13(2,3)4/h7,9H,8H2,1-6H3,(H,15,16,17). The first-order chi connectivity index (χ1) is 8.18. The monoisotopic (exact) mass is 270 g/mol. The molecule has 0 saturated carbocycles. The number of likely N-dealkylation sites (N-methyl/N-ethyl adjacent to an activating group) is 1. The SMILES string of the molecule is CC(CN(C)C)Nc1cc(Cl)nc(C(C)(C)C)n1. The summed E-state index contributed by atoms with van der Waals surface area (Å²) in [5.41, 5.74) is -0.105. The van der Waals surface area contributed by atoms with E-state index in [-0.39, 0.29) is 5.41 Å². The van der Waals surface area contributed by atoms with Gasteiger partial charge in [-0.15, -0.1) is 0 Å². The first-order valence-corrected chi connectivity index (χ1v) is 6.52. The van der Waals surface area contributed by atoms with E-state index in [1.165, 1.54) is 0 Å². The van der Waals surface area contributed by atoms with Gasteiger partial charge in [-0.1, -0.05) is 32.4 Å². The molecule has 1 unspecified atom stereocenters. The van der Waals surface area contributed by atoms with Crippen molar-refractivity contribution in [3.63, 3.8) is 0 Å². The minimum absolute atomic E-state index is 0.105. The van der Waals surface area contributed by atoms with E-state index in [1.54, 1.807) is 6.07 Å². The van der Waals surface area contributed by atoms with E-state index in [9.17, 15) is 0 Å². The number of anilines is 1. The highest BCUT2D eigenvalue weighted by atomic mass is 35.5. The molecule has 102 valence electrons. The Morgan fingerprint density at radius 2 is 1.94 bits per heavy atom. The maximum atomic E-state index is 6.04. The van der Waals surface area contributed by atoms with Gasteiger partial charge in [-0.25, -0.2) is 9.97 Å². The van der Waals surface area contributed by atoms with Crippen molar-refractivity contribution in [3.8, 4) is 0 Å². The summed E-state index contributed by atoms with van der Waals surface area (Å²) in [6, 6.07) is 2.07. The third kappa shape index (κ3) is 4.78. The number of nitrogens with one attached hydrogen (secondary N) is 1. The van der Waals surface area contributed by atoms with Crippen LogP contribution >= 0.6 is 11.6 Å². The Balaban J connectivity index is 2.87. The Labute approximate surface area is 115 Å². The van der Waals surface area contributed by atoms with Crippen molar-refractivity contribution in [1.29, 1.82) is 0 Å². The summed E-state index contributed by atoms with van der Waals surface area (Å²) >= 11 is 6.04. The fraction of sp³-hybridized carbons (Fsp3) is 0.692. The predicted octanol–water partition coefficient (Wildman–Crippen LogP) is 2.79. The lowest BCUT2D eigenvalue weighted by molar-refractivity contribution is 0.391. The van der Waals surface area contributed by atoms with E-state index in [4.69, 9.17) is 11.6 Å². The predicted molar refractivity (Wildman–Crippen MR) is 77.4 cm³/mol. The molecular weight excluding hydrogens is 248 g/mol. The van der Waals surface area contributed by atoms with Gasteiger partial charge in [0.15, 0.2) is 0 Å². The van der Waals surface area contributed by atoms with Gasteiger partial charge in [0, 0.05) is 24.1 Å². The largest absolute Gasteiger partial charge is 0.366 e. The molecule has 0 spiro atoms. The summed E-state index contributed by atoms with van der Waals surface area (Å²) in [7, 11) is 4.09. The number of aromatic nitrogens is 2. The Morgan fingerprint density at radius 3 is 2.44 bits per heavy atom. The molecule has 4 nitrogen and oxygen atoms in total. The molecule has 0 aromatic carbocycles. The van der Waals surface area contributed by atoms with E-state index < -0.39 is 0 Å². The van der Waals surface area contributed by atoms with Gasteiger partial charge in [0.25, 0.3) is 0 Å². The van der Waals surface area contributed by atoms with E-state index in [0.717, 1.165) is 18.2 Å². The minimum Gasteiger partial charge on any atom is -0.366 e. The molecule has 1 heterocycles. The van der Waals surface area contributed by atoms with E-state index in [1.807, 2.05) is 14.1 Å². The molecular formula is C13H23ClN4. The molecule has 0 fully saturated rings. The average Bonchev–Trinajstić information content (AvgIpc) is 2.13. The van der Waals surface area contributed by atoms with Crippen LogP contribution in [-0.4, -0.2) is 41.5 Å². The molecule has 0 bridgehead atoms. The Kier molecular flexibility index (Phi) is 4.93. The van der Waals surface area contributed by atoms with Crippen molar-refractivity contribution in [1.82, 2.24) is 14.9 Å². The summed E-state index contributed by atoms with van der Waals surface area (Å²) in [6.45, 7) is 9.28. The lowest BCUT2D eigenvalue weighted by atomic mass is 9.96. The van der Waals surface area contributed by atoms with E-state index in [2.05, 4.69) is 47.9 Å². The van der Waals surface area contributed by atoms with Gasteiger partial charge in [0.2, 0.25) is 0 Å². The Hall–Kier alpha value is -0.870. The van der Waals surface area contributed by atoms with Crippen LogP contribution < -0.4 is 5.32 Å². The van der Waals surface area contributed by atoms with Crippen LogP contribution in [-0.2, 0) is 5.41 Å². The normalized spacial score (nSPS) is 13.8. The number of hydrogen-bond acceptors (Lipinski definition) is 4. The fourth-order valence-corrected chi connectivity index (χ4v) is 1.86. The van der Waals surface area contributed by atoms with Crippen LogP contribution in [0.5, 0.6) is 0 Å². The number of halogens is 1. The van der Waals surface area contributed by atoms with Crippen molar-refractivity contribution >= 4 is 17.4 Å². The zero-order chi connectivity index (χ0) is 13.9. The van der Waals surface area contributed by atoms with E-state index >= 15 is 0 Å². The summed E-state index contributed by atoms with van der Waals surface area (Å²) in [5, 5.41) is 3.83. The minimum atomic E-state index is -0.105. The quantitative estimate of drug-likeness (QED) is 0.855. The summed E-state index contributed by atoms with van der Waals surface area (Å²) in [5.74, 6) is 1.55. The van der Waals surface area contributed by atoms with E-state index in [0.29, 0.717) is 11.2 Å². The lowest BCUT2D eigenvalue weighted by Gasteiger charge is -2.21. The molecule has 1 N–H and O–H groups in total. The first-order valence-electron chi connectivity index (χ1n) is 6.15. The molecule has 0 saturated heterocycles.